The Morgan fingerprint density at radius 1 is 0.478 bits per heavy atom. The summed E-state index contributed by atoms with van der Waals surface area (Å²) in [4.78, 5) is 0. The van der Waals surface area contributed by atoms with Crippen molar-refractivity contribution in [3.63, 3.8) is 0 Å². The molecule has 0 spiro atoms. The van der Waals surface area contributed by atoms with E-state index in [4.69, 9.17) is 4.74 Å². The first-order valence-corrected chi connectivity index (χ1v) is 10.4. The standard InChI is InChI=1S/C22H42O/c1-3-5-7-9-11-13-15-17-19-21-23-22-20-18-16-14-12-10-8-6-4-2/h19-22H,3-18H2,1-2H3/b21-19+,22-20+. The van der Waals surface area contributed by atoms with E-state index in [-0.39, 0.29) is 0 Å². The maximum atomic E-state index is 5.39. The van der Waals surface area contributed by atoms with Crippen molar-refractivity contribution in [3.05, 3.63) is 24.7 Å². The zero-order valence-corrected chi connectivity index (χ0v) is 16.0. The van der Waals surface area contributed by atoms with Gasteiger partial charge in [-0.15, -0.1) is 0 Å². The van der Waals surface area contributed by atoms with Crippen LogP contribution in [-0.4, -0.2) is 0 Å². The van der Waals surface area contributed by atoms with Gasteiger partial charge in [-0.1, -0.05) is 90.9 Å². The molecule has 1 heteroatoms. The third-order valence-corrected chi connectivity index (χ3v) is 4.30. The van der Waals surface area contributed by atoms with E-state index in [0.29, 0.717) is 0 Å². The largest absolute Gasteiger partial charge is 0.473 e. The summed E-state index contributed by atoms with van der Waals surface area (Å²) < 4.78 is 5.39. The molecule has 0 aromatic rings. The smallest absolute Gasteiger partial charge is 0.0861 e. The van der Waals surface area contributed by atoms with Crippen LogP contribution in [-0.2, 0) is 4.74 Å². The van der Waals surface area contributed by atoms with E-state index >= 15 is 0 Å². The van der Waals surface area contributed by atoms with E-state index in [1.807, 2.05) is 12.5 Å². The number of allylic oxidation sites excluding steroid dienone is 2. The Labute approximate surface area is 146 Å². The number of ether oxygens (including phenoxy) is 1. The summed E-state index contributed by atoms with van der Waals surface area (Å²) in [6.07, 6.45) is 29.6. The van der Waals surface area contributed by atoms with Gasteiger partial charge >= 0.3 is 0 Å². The Morgan fingerprint density at radius 3 is 1.22 bits per heavy atom. The molecular formula is C22H42O. The van der Waals surface area contributed by atoms with Gasteiger partial charge in [-0.3, -0.25) is 0 Å². The van der Waals surface area contributed by atoms with Crippen LogP contribution in [0.25, 0.3) is 0 Å². The van der Waals surface area contributed by atoms with Gasteiger partial charge in [0.05, 0.1) is 12.5 Å². The minimum Gasteiger partial charge on any atom is -0.473 e. The molecule has 0 atom stereocenters. The summed E-state index contributed by atoms with van der Waals surface area (Å²) in [7, 11) is 0. The second kappa shape index (κ2) is 21.3. The second-order valence-corrected chi connectivity index (χ2v) is 6.70. The summed E-state index contributed by atoms with van der Waals surface area (Å²) >= 11 is 0. The molecule has 0 radical (unpaired) electrons. The summed E-state index contributed by atoms with van der Waals surface area (Å²) in [5.74, 6) is 0. The normalized spacial score (nSPS) is 11.7. The molecular weight excluding hydrogens is 280 g/mol. The van der Waals surface area contributed by atoms with Gasteiger partial charge in [-0.25, -0.2) is 0 Å². The average Bonchev–Trinajstić information content (AvgIpc) is 2.57. The molecule has 0 aromatic heterocycles. The molecule has 0 saturated heterocycles. The van der Waals surface area contributed by atoms with Gasteiger partial charge in [0.1, 0.15) is 0 Å². The molecule has 0 aliphatic rings. The molecule has 136 valence electrons. The minimum absolute atomic E-state index is 1.15. The highest BCUT2D eigenvalue weighted by atomic mass is 16.5. The zero-order valence-electron chi connectivity index (χ0n) is 16.0. The Morgan fingerprint density at radius 2 is 0.826 bits per heavy atom. The van der Waals surface area contributed by atoms with Crippen LogP contribution < -0.4 is 0 Å². The van der Waals surface area contributed by atoms with Crippen LogP contribution in [0.2, 0.25) is 0 Å². The van der Waals surface area contributed by atoms with Crippen molar-refractivity contribution in [2.45, 2.75) is 117 Å². The van der Waals surface area contributed by atoms with Crippen molar-refractivity contribution < 1.29 is 4.74 Å². The molecule has 0 amide bonds. The number of hydrogen-bond acceptors (Lipinski definition) is 1. The van der Waals surface area contributed by atoms with Crippen molar-refractivity contribution in [3.8, 4) is 0 Å². The highest BCUT2D eigenvalue weighted by Crippen LogP contribution is 2.09. The van der Waals surface area contributed by atoms with Crippen molar-refractivity contribution in [2.75, 3.05) is 0 Å². The fraction of sp³-hybridized carbons (Fsp3) is 0.818. The average molecular weight is 323 g/mol. The first kappa shape index (κ1) is 22.3. The lowest BCUT2D eigenvalue weighted by molar-refractivity contribution is 0.397. The number of hydrogen-bond donors (Lipinski definition) is 0. The summed E-state index contributed by atoms with van der Waals surface area (Å²) in [5, 5.41) is 0. The van der Waals surface area contributed by atoms with Crippen molar-refractivity contribution in [1.29, 1.82) is 0 Å². The molecule has 0 N–H and O–H groups in total. The lowest BCUT2D eigenvalue weighted by atomic mass is 10.1. The third-order valence-electron chi connectivity index (χ3n) is 4.30. The molecule has 0 unspecified atom stereocenters. The molecule has 0 saturated carbocycles. The topological polar surface area (TPSA) is 9.23 Å². The van der Waals surface area contributed by atoms with E-state index in [0.717, 1.165) is 12.8 Å². The zero-order chi connectivity index (χ0) is 16.8. The maximum Gasteiger partial charge on any atom is 0.0861 e. The SMILES string of the molecule is CCCCCCCCC/C=C/O/C=C/CCCCCCCCC. The maximum absolute atomic E-state index is 5.39. The highest BCUT2D eigenvalue weighted by Gasteiger charge is 1.90. The first-order valence-electron chi connectivity index (χ1n) is 10.4. The predicted molar refractivity (Wildman–Crippen MR) is 105 cm³/mol. The van der Waals surface area contributed by atoms with Crippen LogP contribution in [0.3, 0.4) is 0 Å². The molecule has 0 fully saturated rings. The van der Waals surface area contributed by atoms with Crippen LogP contribution in [0.5, 0.6) is 0 Å². The second-order valence-electron chi connectivity index (χ2n) is 6.70. The Hall–Kier alpha value is -0.720. The summed E-state index contributed by atoms with van der Waals surface area (Å²) in [6.45, 7) is 4.54. The first-order chi connectivity index (χ1) is 11.4. The molecule has 0 rings (SSSR count). The van der Waals surface area contributed by atoms with Gasteiger partial charge in [-0.05, 0) is 37.8 Å². The van der Waals surface area contributed by atoms with E-state index in [9.17, 15) is 0 Å². The third kappa shape index (κ3) is 21.3. The molecule has 0 aliphatic heterocycles. The van der Waals surface area contributed by atoms with Crippen LogP contribution in [0.15, 0.2) is 24.7 Å². The van der Waals surface area contributed by atoms with E-state index in [2.05, 4.69) is 26.0 Å². The minimum atomic E-state index is 1.15. The van der Waals surface area contributed by atoms with E-state index in [1.165, 1.54) is 89.9 Å². The van der Waals surface area contributed by atoms with Crippen LogP contribution in [0.4, 0.5) is 0 Å². The molecule has 0 bridgehead atoms. The van der Waals surface area contributed by atoms with Crippen LogP contribution in [0.1, 0.15) is 117 Å². The van der Waals surface area contributed by atoms with Gasteiger partial charge in [-0.2, -0.15) is 0 Å². The van der Waals surface area contributed by atoms with Crippen LogP contribution in [0, 0.1) is 0 Å². The summed E-state index contributed by atoms with van der Waals surface area (Å²) in [5.41, 5.74) is 0. The Kier molecular flexibility index (Phi) is 20.6. The molecule has 23 heavy (non-hydrogen) atoms. The van der Waals surface area contributed by atoms with Gasteiger partial charge in [0.15, 0.2) is 0 Å². The Bertz CT molecular complexity index is 229. The Balaban J connectivity index is 3.14. The lowest BCUT2D eigenvalue weighted by Crippen LogP contribution is -1.79. The molecule has 0 aliphatic carbocycles. The van der Waals surface area contributed by atoms with Crippen molar-refractivity contribution in [2.24, 2.45) is 0 Å². The lowest BCUT2D eigenvalue weighted by Gasteiger charge is -1.99. The van der Waals surface area contributed by atoms with Gasteiger partial charge < -0.3 is 4.74 Å². The highest BCUT2D eigenvalue weighted by molar-refractivity contribution is 4.79. The van der Waals surface area contributed by atoms with Gasteiger partial charge in [0, 0.05) is 0 Å². The molecule has 0 heterocycles. The quantitative estimate of drug-likeness (QED) is 0.182. The van der Waals surface area contributed by atoms with Gasteiger partial charge in [0.25, 0.3) is 0 Å². The fourth-order valence-electron chi connectivity index (χ4n) is 2.73. The molecule has 1 nitrogen and oxygen atoms in total. The van der Waals surface area contributed by atoms with Gasteiger partial charge in [0.2, 0.25) is 0 Å². The van der Waals surface area contributed by atoms with E-state index < -0.39 is 0 Å². The number of unbranched alkanes of at least 4 members (excludes halogenated alkanes) is 14. The predicted octanol–water partition coefficient (Wildman–Crippen LogP) is 8.31. The van der Waals surface area contributed by atoms with Crippen molar-refractivity contribution >= 4 is 0 Å². The summed E-state index contributed by atoms with van der Waals surface area (Å²) in [6, 6.07) is 0. The van der Waals surface area contributed by atoms with Crippen molar-refractivity contribution in [1.82, 2.24) is 0 Å². The monoisotopic (exact) mass is 322 g/mol. The van der Waals surface area contributed by atoms with Crippen LogP contribution >= 0.6 is 0 Å². The number of rotatable bonds is 18. The van der Waals surface area contributed by atoms with E-state index in [1.54, 1.807) is 0 Å². The fourth-order valence-corrected chi connectivity index (χ4v) is 2.73. The molecule has 0 aromatic carbocycles.